The summed E-state index contributed by atoms with van der Waals surface area (Å²) in [5, 5.41) is 4.34. The fourth-order valence-corrected chi connectivity index (χ4v) is 3.82. The highest BCUT2D eigenvalue weighted by molar-refractivity contribution is 9.10. The molecule has 1 fully saturated rings. The number of nitrogen functional groups attached to an aromatic ring is 1. The SMILES string of the molecule is Nc1c(-c2ccccc2)c(C2CC[C@H](N)C2)nc2c(Br)cnn12. The van der Waals surface area contributed by atoms with Crippen LogP contribution in [-0.2, 0) is 0 Å². The van der Waals surface area contributed by atoms with Crippen molar-refractivity contribution in [1.29, 1.82) is 0 Å². The molecule has 0 radical (unpaired) electrons. The molecule has 118 valence electrons. The number of hydrogen-bond acceptors (Lipinski definition) is 4. The first kappa shape index (κ1) is 14.7. The van der Waals surface area contributed by atoms with Gasteiger partial charge in [0.2, 0.25) is 0 Å². The van der Waals surface area contributed by atoms with Crippen LogP contribution < -0.4 is 11.5 Å². The van der Waals surface area contributed by atoms with E-state index in [4.69, 9.17) is 16.5 Å². The first-order valence-corrected chi connectivity index (χ1v) is 8.58. The fraction of sp³-hybridized carbons (Fsp3) is 0.294. The summed E-state index contributed by atoms with van der Waals surface area (Å²) in [4.78, 5) is 4.91. The van der Waals surface area contributed by atoms with E-state index in [1.54, 1.807) is 10.7 Å². The molecule has 1 saturated carbocycles. The summed E-state index contributed by atoms with van der Waals surface area (Å²) in [6, 6.07) is 10.4. The molecule has 0 aliphatic heterocycles. The maximum atomic E-state index is 6.48. The number of rotatable bonds is 2. The second-order valence-corrected chi connectivity index (χ2v) is 6.98. The van der Waals surface area contributed by atoms with Crippen LogP contribution in [0.3, 0.4) is 0 Å². The largest absolute Gasteiger partial charge is 0.383 e. The maximum Gasteiger partial charge on any atom is 0.171 e. The second-order valence-electron chi connectivity index (χ2n) is 6.12. The molecule has 0 amide bonds. The van der Waals surface area contributed by atoms with E-state index in [0.29, 0.717) is 11.7 Å². The Morgan fingerprint density at radius 1 is 1.17 bits per heavy atom. The highest BCUT2D eigenvalue weighted by Crippen LogP contribution is 2.41. The maximum absolute atomic E-state index is 6.48. The van der Waals surface area contributed by atoms with Gasteiger partial charge >= 0.3 is 0 Å². The number of aromatic nitrogens is 3. The lowest BCUT2D eigenvalue weighted by Gasteiger charge is -2.18. The highest BCUT2D eigenvalue weighted by atomic mass is 79.9. The van der Waals surface area contributed by atoms with Crippen molar-refractivity contribution < 1.29 is 0 Å². The lowest BCUT2D eigenvalue weighted by molar-refractivity contribution is 0.662. The van der Waals surface area contributed by atoms with Crippen LogP contribution in [0.1, 0.15) is 30.9 Å². The zero-order valence-corrected chi connectivity index (χ0v) is 14.2. The Morgan fingerprint density at radius 2 is 1.96 bits per heavy atom. The number of hydrogen-bond donors (Lipinski definition) is 2. The lowest BCUT2D eigenvalue weighted by atomic mass is 9.94. The number of halogens is 1. The van der Waals surface area contributed by atoms with Gasteiger partial charge in [-0.2, -0.15) is 9.61 Å². The Kier molecular flexibility index (Phi) is 3.58. The van der Waals surface area contributed by atoms with Gasteiger partial charge in [0.1, 0.15) is 5.82 Å². The lowest BCUT2D eigenvalue weighted by Crippen LogP contribution is -2.15. The van der Waals surface area contributed by atoms with Crippen LogP contribution >= 0.6 is 15.9 Å². The van der Waals surface area contributed by atoms with Crippen molar-refractivity contribution in [1.82, 2.24) is 14.6 Å². The van der Waals surface area contributed by atoms with Crippen molar-refractivity contribution in [2.45, 2.75) is 31.2 Å². The van der Waals surface area contributed by atoms with E-state index in [-0.39, 0.29) is 6.04 Å². The number of nitrogens with two attached hydrogens (primary N) is 2. The number of fused-ring (bicyclic) bond motifs is 1. The molecule has 2 heterocycles. The average Bonchev–Trinajstić information content (AvgIpc) is 3.15. The molecular weight excluding hydrogens is 354 g/mol. The fourth-order valence-electron chi connectivity index (χ4n) is 3.47. The Balaban J connectivity index is 1.99. The van der Waals surface area contributed by atoms with E-state index >= 15 is 0 Å². The molecule has 3 aromatic rings. The Bertz CT molecular complexity index is 858. The molecule has 4 N–H and O–H groups in total. The van der Waals surface area contributed by atoms with Crippen molar-refractivity contribution >= 4 is 27.4 Å². The smallest absolute Gasteiger partial charge is 0.171 e. The van der Waals surface area contributed by atoms with Crippen LogP contribution in [0.2, 0.25) is 0 Å². The minimum atomic E-state index is 0.247. The van der Waals surface area contributed by atoms with Crippen molar-refractivity contribution in [3.8, 4) is 11.1 Å². The zero-order valence-electron chi connectivity index (χ0n) is 12.6. The number of anilines is 1. The van der Waals surface area contributed by atoms with Crippen LogP contribution in [-0.4, -0.2) is 20.6 Å². The van der Waals surface area contributed by atoms with E-state index in [2.05, 4.69) is 33.2 Å². The summed E-state index contributed by atoms with van der Waals surface area (Å²) in [6.07, 6.45) is 4.77. The third-order valence-corrected chi connectivity index (χ3v) is 5.15. The molecule has 4 rings (SSSR count). The summed E-state index contributed by atoms with van der Waals surface area (Å²) in [6.45, 7) is 0. The van der Waals surface area contributed by atoms with Gasteiger partial charge in [0, 0.05) is 17.5 Å². The third-order valence-electron chi connectivity index (χ3n) is 4.59. The van der Waals surface area contributed by atoms with E-state index in [9.17, 15) is 0 Å². The molecule has 1 aliphatic rings. The van der Waals surface area contributed by atoms with Gasteiger partial charge in [-0.3, -0.25) is 0 Å². The molecule has 6 heteroatoms. The summed E-state index contributed by atoms with van der Waals surface area (Å²) in [5.41, 5.74) is 16.5. The van der Waals surface area contributed by atoms with Gasteiger partial charge in [0.25, 0.3) is 0 Å². The van der Waals surface area contributed by atoms with E-state index < -0.39 is 0 Å². The molecule has 23 heavy (non-hydrogen) atoms. The quantitative estimate of drug-likeness (QED) is 0.723. The molecule has 0 bridgehead atoms. The van der Waals surface area contributed by atoms with Gasteiger partial charge in [-0.15, -0.1) is 0 Å². The molecule has 0 spiro atoms. The number of nitrogens with zero attached hydrogens (tertiary/aromatic N) is 3. The highest BCUT2D eigenvalue weighted by Gasteiger charge is 2.29. The first-order chi connectivity index (χ1) is 11.1. The molecule has 0 saturated heterocycles. The van der Waals surface area contributed by atoms with Crippen molar-refractivity contribution in [3.63, 3.8) is 0 Å². The molecular formula is C17H18BrN5. The van der Waals surface area contributed by atoms with Gasteiger partial charge in [-0.05, 0) is 40.8 Å². The molecule has 2 atom stereocenters. The van der Waals surface area contributed by atoms with Gasteiger partial charge in [0.15, 0.2) is 5.65 Å². The summed E-state index contributed by atoms with van der Waals surface area (Å²) in [5.74, 6) is 0.969. The van der Waals surface area contributed by atoms with Crippen molar-refractivity contribution in [2.75, 3.05) is 5.73 Å². The predicted molar refractivity (Wildman–Crippen MR) is 95.1 cm³/mol. The van der Waals surface area contributed by atoms with E-state index in [1.165, 1.54) is 0 Å². The molecule has 1 aromatic carbocycles. The summed E-state index contributed by atoms with van der Waals surface area (Å²) >= 11 is 3.51. The van der Waals surface area contributed by atoms with Gasteiger partial charge in [-0.25, -0.2) is 4.98 Å². The number of benzene rings is 1. The van der Waals surface area contributed by atoms with Crippen LogP contribution in [0.5, 0.6) is 0 Å². The summed E-state index contributed by atoms with van der Waals surface area (Å²) < 4.78 is 2.55. The molecule has 1 unspecified atom stereocenters. The second kappa shape index (κ2) is 5.62. The monoisotopic (exact) mass is 371 g/mol. The van der Waals surface area contributed by atoms with Crippen LogP contribution in [0.4, 0.5) is 5.82 Å². The molecule has 1 aliphatic carbocycles. The molecule has 5 nitrogen and oxygen atoms in total. The van der Waals surface area contributed by atoms with Gasteiger partial charge in [0.05, 0.1) is 16.4 Å². The summed E-state index contributed by atoms with van der Waals surface area (Å²) in [7, 11) is 0. The van der Waals surface area contributed by atoms with Gasteiger partial charge in [-0.1, -0.05) is 30.3 Å². The molecule has 2 aromatic heterocycles. The predicted octanol–water partition coefficient (Wildman–Crippen LogP) is 3.34. The minimum absolute atomic E-state index is 0.247. The van der Waals surface area contributed by atoms with Crippen molar-refractivity contribution in [3.05, 3.63) is 46.7 Å². The Morgan fingerprint density at radius 3 is 2.65 bits per heavy atom. The van der Waals surface area contributed by atoms with Crippen LogP contribution in [0.15, 0.2) is 41.0 Å². The Hall–Kier alpha value is -1.92. The first-order valence-electron chi connectivity index (χ1n) is 7.78. The van der Waals surface area contributed by atoms with Crippen LogP contribution in [0.25, 0.3) is 16.8 Å². The van der Waals surface area contributed by atoms with Crippen LogP contribution in [0, 0.1) is 0 Å². The van der Waals surface area contributed by atoms with Gasteiger partial charge < -0.3 is 11.5 Å². The average molecular weight is 372 g/mol. The minimum Gasteiger partial charge on any atom is -0.383 e. The van der Waals surface area contributed by atoms with Crippen molar-refractivity contribution in [2.24, 2.45) is 5.73 Å². The Labute approximate surface area is 142 Å². The topological polar surface area (TPSA) is 82.2 Å². The van der Waals surface area contributed by atoms with E-state index in [0.717, 1.165) is 46.2 Å². The normalized spacial score (nSPS) is 21.1. The standard InChI is InChI=1S/C17H18BrN5/c18-13-9-21-23-16(20)14(10-4-2-1-3-5-10)15(22-17(13)23)11-6-7-12(19)8-11/h1-5,9,11-12H,6-8,19-20H2/t11?,12-/m0/s1. The van der Waals surface area contributed by atoms with E-state index in [1.807, 2.05) is 18.2 Å². The third kappa shape index (κ3) is 2.42. The zero-order chi connectivity index (χ0) is 16.0.